The van der Waals surface area contributed by atoms with Gasteiger partial charge in [-0.05, 0) is 26.2 Å². The largest absolute Gasteiger partial charge is 0.376 e. The molecule has 1 N–H and O–H groups in total. The average Bonchev–Trinajstić information content (AvgIpc) is 2.45. The van der Waals surface area contributed by atoms with Crippen LogP contribution in [0.1, 0.15) is 26.2 Å². The zero-order chi connectivity index (χ0) is 13.7. The quantitative estimate of drug-likeness (QED) is 0.776. The molecule has 2 atom stereocenters. The Morgan fingerprint density at radius 1 is 1.58 bits per heavy atom. The monoisotopic (exact) mass is 270 g/mol. The van der Waals surface area contributed by atoms with Gasteiger partial charge in [0.2, 0.25) is 5.91 Å². The summed E-state index contributed by atoms with van der Waals surface area (Å²) in [5.74, 6) is -0.229. The summed E-state index contributed by atoms with van der Waals surface area (Å²) in [7, 11) is 0. The number of nitrogens with one attached hydrogen (secondary N) is 1. The van der Waals surface area contributed by atoms with E-state index < -0.39 is 6.10 Å². The van der Waals surface area contributed by atoms with E-state index in [0.29, 0.717) is 19.7 Å². The number of nitrogens with zero attached hydrogens (tertiary/aromatic N) is 1. The topological polar surface area (TPSA) is 67.9 Å². The fraction of sp³-hybridized carbons (Fsp3) is 0.846. The third kappa shape index (κ3) is 4.18. The summed E-state index contributed by atoms with van der Waals surface area (Å²) in [6.07, 6.45) is 2.84. The van der Waals surface area contributed by atoms with Crippen LogP contribution < -0.4 is 5.32 Å². The smallest absolute Gasteiger partial charge is 0.251 e. The Morgan fingerprint density at radius 3 is 3.11 bits per heavy atom. The molecule has 2 heterocycles. The van der Waals surface area contributed by atoms with Gasteiger partial charge in [-0.25, -0.2) is 0 Å². The van der Waals surface area contributed by atoms with E-state index in [2.05, 4.69) is 5.32 Å². The molecule has 2 unspecified atom stereocenters. The summed E-state index contributed by atoms with van der Waals surface area (Å²) >= 11 is 0. The maximum absolute atomic E-state index is 12.1. The zero-order valence-electron chi connectivity index (χ0n) is 11.4. The Hall–Kier alpha value is -1.14. The Bertz CT molecular complexity index is 329. The third-order valence-electron chi connectivity index (χ3n) is 3.50. The van der Waals surface area contributed by atoms with Gasteiger partial charge in [0.1, 0.15) is 6.10 Å². The number of hydrogen-bond acceptors (Lipinski definition) is 4. The molecule has 0 aromatic heterocycles. The van der Waals surface area contributed by atoms with Crippen molar-refractivity contribution < 1.29 is 19.1 Å². The minimum absolute atomic E-state index is 0.105. The van der Waals surface area contributed by atoms with Crippen molar-refractivity contribution in [3.63, 3.8) is 0 Å². The van der Waals surface area contributed by atoms with Gasteiger partial charge in [0.25, 0.3) is 5.91 Å². The van der Waals surface area contributed by atoms with Crippen LogP contribution in [-0.4, -0.2) is 61.8 Å². The molecule has 19 heavy (non-hydrogen) atoms. The van der Waals surface area contributed by atoms with Crippen LogP contribution >= 0.6 is 0 Å². The fourth-order valence-electron chi connectivity index (χ4n) is 2.35. The molecule has 0 saturated carbocycles. The van der Waals surface area contributed by atoms with Crippen molar-refractivity contribution in [2.45, 2.75) is 38.4 Å². The van der Waals surface area contributed by atoms with Crippen molar-refractivity contribution in [3.8, 4) is 0 Å². The Morgan fingerprint density at radius 2 is 2.42 bits per heavy atom. The number of carbonyl (C=O) groups is 2. The van der Waals surface area contributed by atoms with E-state index in [1.807, 2.05) is 0 Å². The summed E-state index contributed by atoms with van der Waals surface area (Å²) in [5.41, 5.74) is 0. The highest BCUT2D eigenvalue weighted by atomic mass is 16.5. The first-order chi connectivity index (χ1) is 9.16. The maximum atomic E-state index is 12.1. The van der Waals surface area contributed by atoms with Crippen molar-refractivity contribution in [2.75, 3.05) is 32.8 Å². The fourth-order valence-corrected chi connectivity index (χ4v) is 2.35. The van der Waals surface area contributed by atoms with Gasteiger partial charge in [-0.1, -0.05) is 0 Å². The standard InChI is InChI=1S/C13H22N2O4/c1-10(19-9-11-4-2-3-7-18-11)13(17)15-6-5-14-12(16)8-15/h10-11H,2-9H2,1H3,(H,14,16). The Balaban J connectivity index is 1.73. The predicted molar refractivity (Wildman–Crippen MR) is 68.6 cm³/mol. The molecule has 2 fully saturated rings. The molecular formula is C13H22N2O4. The SMILES string of the molecule is CC(OCC1CCCCO1)C(=O)N1CCNC(=O)C1. The average molecular weight is 270 g/mol. The highest BCUT2D eigenvalue weighted by Gasteiger charge is 2.26. The van der Waals surface area contributed by atoms with E-state index in [0.717, 1.165) is 25.9 Å². The second-order valence-electron chi connectivity index (χ2n) is 5.07. The lowest BCUT2D eigenvalue weighted by molar-refractivity contribution is -0.149. The number of rotatable bonds is 4. The van der Waals surface area contributed by atoms with Crippen LogP contribution in [0.25, 0.3) is 0 Å². The Kier molecular flexibility index (Phi) is 5.15. The van der Waals surface area contributed by atoms with Gasteiger partial charge in [0.15, 0.2) is 0 Å². The number of ether oxygens (including phenoxy) is 2. The number of carbonyl (C=O) groups excluding carboxylic acids is 2. The van der Waals surface area contributed by atoms with Gasteiger partial charge in [0, 0.05) is 19.7 Å². The van der Waals surface area contributed by atoms with Gasteiger partial charge in [0.05, 0.1) is 19.3 Å². The first-order valence-corrected chi connectivity index (χ1v) is 6.95. The number of hydrogen-bond donors (Lipinski definition) is 1. The summed E-state index contributed by atoms with van der Waals surface area (Å²) in [6, 6.07) is 0. The lowest BCUT2D eigenvalue weighted by Crippen LogP contribution is -2.52. The normalized spacial score (nSPS) is 25.8. The van der Waals surface area contributed by atoms with Crippen LogP contribution in [0.3, 0.4) is 0 Å². The lowest BCUT2D eigenvalue weighted by atomic mass is 10.1. The molecule has 2 saturated heterocycles. The molecular weight excluding hydrogens is 248 g/mol. The Labute approximate surface area is 113 Å². The second kappa shape index (κ2) is 6.86. The summed E-state index contributed by atoms with van der Waals surface area (Å²) in [6.45, 7) is 4.17. The van der Waals surface area contributed by atoms with Crippen LogP contribution in [0, 0.1) is 0 Å². The summed E-state index contributed by atoms with van der Waals surface area (Å²) in [4.78, 5) is 24.9. The van der Waals surface area contributed by atoms with E-state index in [4.69, 9.17) is 9.47 Å². The van der Waals surface area contributed by atoms with E-state index in [1.165, 1.54) is 0 Å². The summed E-state index contributed by atoms with van der Waals surface area (Å²) < 4.78 is 11.1. The van der Waals surface area contributed by atoms with Crippen LogP contribution in [0.5, 0.6) is 0 Å². The molecule has 0 aromatic carbocycles. The van der Waals surface area contributed by atoms with Crippen molar-refractivity contribution >= 4 is 11.8 Å². The van der Waals surface area contributed by atoms with E-state index in [9.17, 15) is 9.59 Å². The lowest BCUT2D eigenvalue weighted by Gasteiger charge is -2.30. The minimum atomic E-state index is -0.517. The second-order valence-corrected chi connectivity index (χ2v) is 5.07. The first kappa shape index (κ1) is 14.3. The highest BCUT2D eigenvalue weighted by Crippen LogP contribution is 2.14. The van der Waals surface area contributed by atoms with Crippen LogP contribution in [0.4, 0.5) is 0 Å². The van der Waals surface area contributed by atoms with E-state index in [1.54, 1.807) is 11.8 Å². The maximum Gasteiger partial charge on any atom is 0.251 e. The van der Waals surface area contributed by atoms with Crippen LogP contribution in [0.15, 0.2) is 0 Å². The molecule has 0 aliphatic carbocycles. The zero-order valence-corrected chi connectivity index (χ0v) is 11.4. The van der Waals surface area contributed by atoms with Crippen molar-refractivity contribution in [2.24, 2.45) is 0 Å². The highest BCUT2D eigenvalue weighted by molar-refractivity contribution is 5.87. The van der Waals surface area contributed by atoms with Gasteiger partial charge in [-0.15, -0.1) is 0 Å². The molecule has 0 radical (unpaired) electrons. The summed E-state index contributed by atoms with van der Waals surface area (Å²) in [5, 5.41) is 2.70. The minimum Gasteiger partial charge on any atom is -0.376 e. The predicted octanol–water partition coefficient (Wildman–Crippen LogP) is -0.0810. The van der Waals surface area contributed by atoms with Gasteiger partial charge < -0.3 is 19.7 Å². The molecule has 2 amide bonds. The van der Waals surface area contributed by atoms with Gasteiger partial charge in [-0.3, -0.25) is 9.59 Å². The van der Waals surface area contributed by atoms with Crippen molar-refractivity contribution in [3.05, 3.63) is 0 Å². The molecule has 2 aliphatic rings. The molecule has 0 spiro atoms. The molecule has 6 nitrogen and oxygen atoms in total. The number of piperazine rings is 1. The molecule has 108 valence electrons. The molecule has 0 aromatic rings. The molecule has 0 bridgehead atoms. The molecule has 6 heteroatoms. The molecule has 2 rings (SSSR count). The van der Waals surface area contributed by atoms with Crippen molar-refractivity contribution in [1.82, 2.24) is 10.2 Å². The van der Waals surface area contributed by atoms with Crippen LogP contribution in [-0.2, 0) is 19.1 Å². The number of amides is 2. The van der Waals surface area contributed by atoms with Gasteiger partial charge in [-0.2, -0.15) is 0 Å². The van der Waals surface area contributed by atoms with Crippen LogP contribution in [0.2, 0.25) is 0 Å². The van der Waals surface area contributed by atoms with Crippen molar-refractivity contribution in [1.29, 1.82) is 0 Å². The van der Waals surface area contributed by atoms with E-state index >= 15 is 0 Å². The van der Waals surface area contributed by atoms with E-state index in [-0.39, 0.29) is 24.5 Å². The van der Waals surface area contributed by atoms with Gasteiger partial charge >= 0.3 is 0 Å². The first-order valence-electron chi connectivity index (χ1n) is 6.95. The molecule has 2 aliphatic heterocycles. The third-order valence-corrected chi connectivity index (χ3v) is 3.50.